The van der Waals surface area contributed by atoms with E-state index in [4.69, 9.17) is 5.26 Å². The number of carbonyl (C=O) groups excluding carboxylic acids is 1. The monoisotopic (exact) mass is 532 g/mol. The van der Waals surface area contributed by atoms with E-state index in [0.29, 0.717) is 17.4 Å². The van der Waals surface area contributed by atoms with Crippen LogP contribution < -0.4 is 10.6 Å². The van der Waals surface area contributed by atoms with Crippen LogP contribution in [0.25, 0.3) is 0 Å². The van der Waals surface area contributed by atoms with Crippen LogP contribution in [0.4, 0.5) is 23.7 Å². The summed E-state index contributed by atoms with van der Waals surface area (Å²) in [7, 11) is 2.28. The van der Waals surface area contributed by atoms with Gasteiger partial charge in [-0.15, -0.1) is 9.24 Å². The molecule has 1 heterocycles. The molecule has 0 bridgehead atoms. The third-order valence-corrected chi connectivity index (χ3v) is 7.12. The number of nitriles is 1. The van der Waals surface area contributed by atoms with Crippen molar-refractivity contribution >= 4 is 26.3 Å². The summed E-state index contributed by atoms with van der Waals surface area (Å²) in [5, 5.41) is 11.4. The molecule has 2 aliphatic rings. The van der Waals surface area contributed by atoms with E-state index in [2.05, 4.69) is 19.5 Å². The zero-order valence-corrected chi connectivity index (χ0v) is 22.3. The fourth-order valence-electron chi connectivity index (χ4n) is 4.91. The van der Waals surface area contributed by atoms with E-state index in [1.807, 2.05) is 29.2 Å². The van der Waals surface area contributed by atoms with E-state index in [9.17, 15) is 18.0 Å². The minimum absolute atomic E-state index is 0.170. The number of rotatable bonds is 6. The van der Waals surface area contributed by atoms with Gasteiger partial charge in [0.2, 0.25) is 0 Å². The van der Waals surface area contributed by atoms with Crippen molar-refractivity contribution in [1.29, 1.82) is 5.26 Å². The maximum absolute atomic E-state index is 13.1. The number of halogens is 3. The highest BCUT2D eigenvalue weighted by molar-refractivity contribution is 7.27. The van der Waals surface area contributed by atoms with Crippen molar-refractivity contribution in [2.24, 2.45) is 0 Å². The highest BCUT2D eigenvalue weighted by atomic mass is 31.0. The number of urea groups is 1. The minimum Gasteiger partial charge on any atom is -0.322 e. The van der Waals surface area contributed by atoms with Gasteiger partial charge in [0.15, 0.2) is 0 Å². The van der Waals surface area contributed by atoms with Gasteiger partial charge in [-0.1, -0.05) is 37.5 Å². The summed E-state index contributed by atoms with van der Waals surface area (Å²) in [6.07, 6.45) is 4.23. The molecule has 5 nitrogen and oxygen atoms in total. The van der Waals surface area contributed by atoms with Crippen LogP contribution in [0.2, 0.25) is 0 Å². The third-order valence-electron chi connectivity index (χ3n) is 6.79. The van der Waals surface area contributed by atoms with Crippen LogP contribution >= 0.6 is 9.24 Å². The van der Waals surface area contributed by atoms with Crippen LogP contribution in [0.15, 0.2) is 48.5 Å². The molecule has 0 radical (unpaired) electrons. The van der Waals surface area contributed by atoms with Crippen molar-refractivity contribution in [3.8, 4) is 6.07 Å². The Morgan fingerprint density at radius 1 is 1.05 bits per heavy atom. The number of carbonyl (C=O) groups is 1. The Bertz CT molecular complexity index is 1030. The second kappa shape index (κ2) is 14.4. The lowest BCUT2D eigenvalue weighted by atomic mass is 9.94. The van der Waals surface area contributed by atoms with Gasteiger partial charge in [0, 0.05) is 18.3 Å². The summed E-state index contributed by atoms with van der Waals surface area (Å²) in [6, 6.07) is 14.7. The first-order valence-electron chi connectivity index (χ1n) is 13.0. The molecule has 1 saturated carbocycles. The van der Waals surface area contributed by atoms with Crippen LogP contribution in [0.5, 0.6) is 0 Å². The molecule has 2 aromatic rings. The lowest BCUT2D eigenvalue weighted by molar-refractivity contribution is -0.137. The van der Waals surface area contributed by atoms with Gasteiger partial charge < -0.3 is 15.1 Å². The molecular weight excluding hydrogens is 496 g/mol. The first kappa shape index (κ1) is 28.9. The molecule has 1 atom stereocenters. The SMILES string of the molecule is N#Cc1ccccc1.O=C(Nc1cc(P)cc(C(F)(F)F)c1)N(CCCN1CCCC1)C1CCCCC1. The lowest BCUT2D eigenvalue weighted by Crippen LogP contribution is -2.45. The molecule has 4 rings (SSSR count). The molecule has 2 fully saturated rings. The molecule has 1 aliphatic carbocycles. The molecule has 1 unspecified atom stereocenters. The molecule has 37 heavy (non-hydrogen) atoms. The average molecular weight is 533 g/mol. The number of hydrogen-bond donors (Lipinski definition) is 1. The number of anilines is 1. The molecule has 0 spiro atoms. The van der Waals surface area contributed by atoms with Crippen LogP contribution in [0, 0.1) is 11.3 Å². The topological polar surface area (TPSA) is 59.4 Å². The van der Waals surface area contributed by atoms with E-state index in [0.717, 1.165) is 63.9 Å². The van der Waals surface area contributed by atoms with E-state index in [-0.39, 0.29) is 17.8 Å². The quantitative estimate of drug-likeness (QED) is 0.437. The molecule has 1 N–H and O–H groups in total. The van der Waals surface area contributed by atoms with Gasteiger partial charge in [-0.05, 0) is 87.4 Å². The summed E-state index contributed by atoms with van der Waals surface area (Å²) in [5.41, 5.74) is 0.154. The number of likely N-dealkylation sites (tertiary alicyclic amines) is 1. The number of hydrogen-bond acceptors (Lipinski definition) is 3. The zero-order valence-electron chi connectivity index (χ0n) is 21.1. The highest BCUT2D eigenvalue weighted by Gasteiger charge is 2.31. The fourth-order valence-corrected chi connectivity index (χ4v) is 5.27. The average Bonchev–Trinajstić information content (AvgIpc) is 3.41. The summed E-state index contributed by atoms with van der Waals surface area (Å²) in [4.78, 5) is 17.3. The Hall–Kier alpha value is -2.62. The van der Waals surface area contributed by atoms with Crippen molar-refractivity contribution in [2.75, 3.05) is 31.5 Å². The Balaban J connectivity index is 0.000000405. The standard InChI is InChI=1S/C21H31F3N3OP.C7H5N/c22-21(23,24)16-13-17(15-19(29)14-16)25-20(28)27(18-7-2-1-3-8-18)12-6-11-26-9-4-5-10-26;8-6-7-4-2-1-3-5-7/h13-15,18H,1-12,29H2,(H,25,28);1-5H. The maximum atomic E-state index is 13.1. The predicted octanol–water partition coefficient (Wildman–Crippen LogP) is 6.42. The Kier molecular flexibility index (Phi) is 11.2. The van der Waals surface area contributed by atoms with Crippen LogP contribution in [0.3, 0.4) is 0 Å². The van der Waals surface area contributed by atoms with E-state index in [1.54, 1.807) is 18.2 Å². The zero-order chi connectivity index (χ0) is 26.7. The molecule has 1 saturated heterocycles. The number of nitrogens with zero attached hydrogens (tertiary/aromatic N) is 3. The van der Waals surface area contributed by atoms with E-state index >= 15 is 0 Å². The van der Waals surface area contributed by atoms with Crippen LogP contribution in [0.1, 0.15) is 62.5 Å². The highest BCUT2D eigenvalue weighted by Crippen LogP contribution is 2.31. The van der Waals surface area contributed by atoms with Crippen molar-refractivity contribution in [1.82, 2.24) is 9.80 Å². The maximum Gasteiger partial charge on any atom is 0.416 e. The molecule has 2 amide bonds. The summed E-state index contributed by atoms with van der Waals surface area (Å²) >= 11 is 0. The van der Waals surface area contributed by atoms with E-state index < -0.39 is 11.7 Å². The Morgan fingerprint density at radius 2 is 1.73 bits per heavy atom. The van der Waals surface area contributed by atoms with Crippen molar-refractivity contribution in [3.63, 3.8) is 0 Å². The van der Waals surface area contributed by atoms with Gasteiger partial charge in [0.05, 0.1) is 17.2 Å². The summed E-state index contributed by atoms with van der Waals surface area (Å²) in [5.74, 6) is 0. The smallest absolute Gasteiger partial charge is 0.322 e. The minimum atomic E-state index is -4.44. The Labute approximate surface area is 220 Å². The second-order valence-corrected chi connectivity index (χ2v) is 10.3. The normalized spacial score (nSPS) is 16.4. The van der Waals surface area contributed by atoms with Gasteiger partial charge in [-0.25, -0.2) is 4.79 Å². The van der Waals surface area contributed by atoms with Crippen LogP contribution in [-0.4, -0.2) is 48.1 Å². The van der Waals surface area contributed by atoms with Crippen molar-refractivity contribution in [3.05, 3.63) is 59.7 Å². The molecule has 1 aliphatic heterocycles. The largest absolute Gasteiger partial charge is 0.416 e. The number of nitrogens with one attached hydrogen (secondary N) is 1. The van der Waals surface area contributed by atoms with Gasteiger partial charge in [-0.3, -0.25) is 0 Å². The van der Waals surface area contributed by atoms with Gasteiger partial charge in [0.25, 0.3) is 0 Å². The fraction of sp³-hybridized carbons (Fsp3) is 0.500. The van der Waals surface area contributed by atoms with Gasteiger partial charge in [-0.2, -0.15) is 18.4 Å². The first-order chi connectivity index (χ1) is 17.8. The lowest BCUT2D eigenvalue weighted by Gasteiger charge is -2.35. The molecule has 200 valence electrons. The first-order valence-corrected chi connectivity index (χ1v) is 13.6. The number of alkyl halides is 3. The number of benzene rings is 2. The molecular formula is C28H36F3N4OP. The van der Waals surface area contributed by atoms with E-state index in [1.165, 1.54) is 19.3 Å². The van der Waals surface area contributed by atoms with Gasteiger partial charge in [0.1, 0.15) is 0 Å². The van der Waals surface area contributed by atoms with Crippen molar-refractivity contribution in [2.45, 2.75) is 63.6 Å². The molecule has 9 heteroatoms. The Morgan fingerprint density at radius 3 is 2.32 bits per heavy atom. The number of amides is 2. The van der Waals surface area contributed by atoms with Crippen LogP contribution in [-0.2, 0) is 6.18 Å². The van der Waals surface area contributed by atoms with Gasteiger partial charge >= 0.3 is 12.2 Å². The van der Waals surface area contributed by atoms with Crippen molar-refractivity contribution < 1.29 is 18.0 Å². The predicted molar refractivity (Wildman–Crippen MR) is 145 cm³/mol. The molecule has 2 aromatic carbocycles. The molecule has 0 aromatic heterocycles. The second-order valence-electron chi connectivity index (χ2n) is 9.64. The third kappa shape index (κ3) is 9.64. The summed E-state index contributed by atoms with van der Waals surface area (Å²) < 4.78 is 39.3. The summed E-state index contributed by atoms with van der Waals surface area (Å²) in [6.45, 7) is 3.85.